The first-order valence-electron chi connectivity index (χ1n) is 6.70. The molecule has 0 saturated heterocycles. The van der Waals surface area contributed by atoms with E-state index < -0.39 is 0 Å². The van der Waals surface area contributed by atoms with Gasteiger partial charge in [0.2, 0.25) is 0 Å². The van der Waals surface area contributed by atoms with Crippen LogP contribution in [0.2, 0.25) is 0 Å². The van der Waals surface area contributed by atoms with Gasteiger partial charge in [-0.3, -0.25) is 0 Å². The van der Waals surface area contributed by atoms with Crippen LogP contribution in [0.1, 0.15) is 74.2 Å². The van der Waals surface area contributed by atoms with Crippen molar-refractivity contribution in [2.45, 2.75) is 70.6 Å². The zero-order valence-corrected chi connectivity index (χ0v) is 12.5. The fraction of sp³-hybridized carbons (Fsp3) is 0.846. The van der Waals surface area contributed by atoms with Crippen molar-refractivity contribution in [3.05, 3.63) is 10.0 Å². The largest absolute Gasteiger partial charge is 0.144 e. The summed E-state index contributed by atoms with van der Waals surface area (Å²) < 4.78 is 0. The zero-order valence-electron chi connectivity index (χ0n) is 10.9. The van der Waals surface area contributed by atoms with Crippen LogP contribution in [0, 0.1) is 0 Å². The van der Waals surface area contributed by atoms with Gasteiger partial charge >= 0.3 is 0 Å². The summed E-state index contributed by atoms with van der Waals surface area (Å²) in [6.45, 7) is 4.20. The molecule has 0 N–H and O–H groups in total. The molecule has 0 fully saturated rings. The van der Waals surface area contributed by atoms with Gasteiger partial charge in [0.15, 0.2) is 0 Å². The number of hydrogen-bond donors (Lipinski definition) is 0. The van der Waals surface area contributed by atoms with E-state index in [4.69, 9.17) is 11.6 Å². The molecule has 1 rings (SSSR count). The molecule has 1 atom stereocenters. The molecule has 0 saturated carbocycles. The third-order valence-electron chi connectivity index (χ3n) is 2.82. The molecule has 1 unspecified atom stereocenters. The maximum Gasteiger partial charge on any atom is 0.135 e. The van der Waals surface area contributed by atoms with E-state index >= 15 is 0 Å². The number of nitrogens with zero attached hydrogens (tertiary/aromatic N) is 2. The van der Waals surface area contributed by atoms with Crippen molar-refractivity contribution < 1.29 is 0 Å². The molecule has 0 aromatic carbocycles. The Morgan fingerprint density at radius 1 is 1.06 bits per heavy atom. The van der Waals surface area contributed by atoms with E-state index in [1.54, 1.807) is 11.3 Å². The van der Waals surface area contributed by atoms with Gasteiger partial charge in [-0.15, -0.1) is 21.8 Å². The van der Waals surface area contributed by atoms with Gasteiger partial charge in [-0.1, -0.05) is 56.8 Å². The minimum atomic E-state index is -0.00436. The molecule has 1 aromatic rings. The minimum absolute atomic E-state index is 0.00436. The highest BCUT2D eigenvalue weighted by Crippen LogP contribution is 2.23. The Labute approximate surface area is 114 Å². The first kappa shape index (κ1) is 14.9. The summed E-state index contributed by atoms with van der Waals surface area (Å²) >= 11 is 7.62. The van der Waals surface area contributed by atoms with E-state index in [9.17, 15) is 0 Å². The number of aromatic nitrogens is 2. The molecule has 17 heavy (non-hydrogen) atoms. The molecule has 0 aliphatic carbocycles. The Balaban J connectivity index is 2.05. The van der Waals surface area contributed by atoms with Gasteiger partial charge in [0, 0.05) is 6.42 Å². The van der Waals surface area contributed by atoms with Crippen molar-refractivity contribution in [3.63, 3.8) is 0 Å². The lowest BCUT2D eigenvalue weighted by Crippen LogP contribution is -1.85. The molecule has 0 aliphatic rings. The average molecular weight is 275 g/mol. The van der Waals surface area contributed by atoms with Crippen molar-refractivity contribution in [2.24, 2.45) is 0 Å². The van der Waals surface area contributed by atoms with Crippen LogP contribution < -0.4 is 0 Å². The smallest absolute Gasteiger partial charge is 0.135 e. The Kier molecular flexibility index (Phi) is 7.78. The number of aryl methyl sites for hydroxylation is 1. The molecule has 0 aliphatic heterocycles. The predicted octanol–water partition coefficient (Wildman–Crippen LogP) is 5.13. The Hall–Kier alpha value is -0.150. The monoisotopic (exact) mass is 274 g/mol. The Morgan fingerprint density at radius 2 is 1.71 bits per heavy atom. The van der Waals surface area contributed by atoms with E-state index in [2.05, 4.69) is 17.1 Å². The van der Waals surface area contributed by atoms with Crippen molar-refractivity contribution in [1.82, 2.24) is 10.2 Å². The van der Waals surface area contributed by atoms with Crippen LogP contribution >= 0.6 is 22.9 Å². The SMILES string of the molecule is CCCCCCCCCc1nnc(C(C)Cl)s1. The third kappa shape index (κ3) is 6.37. The summed E-state index contributed by atoms with van der Waals surface area (Å²) in [6.07, 6.45) is 10.5. The minimum Gasteiger partial charge on any atom is -0.144 e. The van der Waals surface area contributed by atoms with Gasteiger partial charge < -0.3 is 0 Å². The van der Waals surface area contributed by atoms with Crippen LogP contribution in [0.15, 0.2) is 0 Å². The van der Waals surface area contributed by atoms with Crippen LogP contribution in [0.5, 0.6) is 0 Å². The van der Waals surface area contributed by atoms with E-state index in [0.717, 1.165) is 16.4 Å². The summed E-state index contributed by atoms with van der Waals surface area (Å²) in [6, 6.07) is 0. The number of unbranched alkanes of at least 4 members (excludes halogenated alkanes) is 6. The molecular weight excluding hydrogens is 252 g/mol. The summed E-state index contributed by atoms with van der Waals surface area (Å²) in [5, 5.41) is 10.3. The number of halogens is 1. The molecular formula is C13H23ClN2S. The summed E-state index contributed by atoms with van der Waals surface area (Å²) in [7, 11) is 0. The molecule has 2 nitrogen and oxygen atoms in total. The van der Waals surface area contributed by atoms with Crippen molar-refractivity contribution >= 4 is 22.9 Å². The quantitative estimate of drug-likeness (QED) is 0.461. The number of rotatable bonds is 9. The first-order valence-corrected chi connectivity index (χ1v) is 7.95. The van der Waals surface area contributed by atoms with Crippen LogP contribution in [-0.2, 0) is 6.42 Å². The molecule has 0 amide bonds. The van der Waals surface area contributed by atoms with Gasteiger partial charge in [-0.2, -0.15) is 0 Å². The maximum atomic E-state index is 5.96. The molecule has 0 bridgehead atoms. The highest BCUT2D eigenvalue weighted by Gasteiger charge is 2.08. The third-order valence-corrected chi connectivity index (χ3v) is 4.32. The second kappa shape index (κ2) is 8.87. The Morgan fingerprint density at radius 3 is 2.29 bits per heavy atom. The van der Waals surface area contributed by atoms with Gasteiger partial charge in [-0.05, 0) is 13.3 Å². The fourth-order valence-electron chi connectivity index (χ4n) is 1.76. The predicted molar refractivity (Wildman–Crippen MR) is 75.9 cm³/mol. The molecule has 1 heterocycles. The van der Waals surface area contributed by atoms with Gasteiger partial charge in [-0.25, -0.2) is 0 Å². The number of alkyl halides is 1. The highest BCUT2D eigenvalue weighted by atomic mass is 35.5. The molecule has 98 valence electrons. The van der Waals surface area contributed by atoms with Crippen LogP contribution in [0.4, 0.5) is 0 Å². The summed E-state index contributed by atoms with van der Waals surface area (Å²) in [5.74, 6) is 0. The van der Waals surface area contributed by atoms with Gasteiger partial charge in [0.05, 0.1) is 5.38 Å². The molecule has 0 radical (unpaired) electrons. The van der Waals surface area contributed by atoms with E-state index in [1.165, 1.54) is 44.9 Å². The van der Waals surface area contributed by atoms with E-state index in [-0.39, 0.29) is 5.38 Å². The van der Waals surface area contributed by atoms with Gasteiger partial charge in [0.25, 0.3) is 0 Å². The van der Waals surface area contributed by atoms with Crippen LogP contribution in [0.3, 0.4) is 0 Å². The van der Waals surface area contributed by atoms with Gasteiger partial charge in [0.1, 0.15) is 10.0 Å². The second-order valence-corrected chi connectivity index (χ2v) is 6.27. The number of hydrogen-bond acceptors (Lipinski definition) is 3. The van der Waals surface area contributed by atoms with Crippen molar-refractivity contribution in [3.8, 4) is 0 Å². The lowest BCUT2D eigenvalue weighted by atomic mass is 10.1. The normalized spacial score (nSPS) is 12.9. The lowest BCUT2D eigenvalue weighted by molar-refractivity contribution is 0.588. The lowest BCUT2D eigenvalue weighted by Gasteiger charge is -1.99. The molecule has 4 heteroatoms. The topological polar surface area (TPSA) is 25.8 Å². The molecule has 1 aromatic heterocycles. The summed E-state index contributed by atoms with van der Waals surface area (Å²) in [4.78, 5) is 0. The Bertz CT molecular complexity index is 299. The molecule has 0 spiro atoms. The van der Waals surface area contributed by atoms with Crippen LogP contribution in [-0.4, -0.2) is 10.2 Å². The van der Waals surface area contributed by atoms with Crippen LogP contribution in [0.25, 0.3) is 0 Å². The standard InChI is InChI=1S/C13H23ClN2S/c1-3-4-5-6-7-8-9-10-12-15-16-13(17-12)11(2)14/h11H,3-10H2,1-2H3. The fourth-order valence-corrected chi connectivity index (χ4v) is 2.75. The summed E-state index contributed by atoms with van der Waals surface area (Å²) in [5.41, 5.74) is 0. The van der Waals surface area contributed by atoms with E-state index in [0.29, 0.717) is 0 Å². The highest BCUT2D eigenvalue weighted by molar-refractivity contribution is 7.11. The van der Waals surface area contributed by atoms with Crippen molar-refractivity contribution in [2.75, 3.05) is 0 Å². The second-order valence-electron chi connectivity index (χ2n) is 4.52. The van der Waals surface area contributed by atoms with Crippen molar-refractivity contribution in [1.29, 1.82) is 0 Å². The maximum absolute atomic E-state index is 5.96. The zero-order chi connectivity index (χ0) is 12.5. The average Bonchev–Trinajstić information content (AvgIpc) is 2.77. The first-order chi connectivity index (χ1) is 8.24. The van der Waals surface area contributed by atoms with E-state index in [1.807, 2.05) is 6.92 Å².